The molecule has 0 spiro atoms. The molecule has 0 aromatic heterocycles. The van der Waals surface area contributed by atoms with Crippen LogP contribution in [0.25, 0.3) is 0 Å². The van der Waals surface area contributed by atoms with E-state index in [4.69, 9.17) is 0 Å². The first-order valence-corrected chi connectivity index (χ1v) is 14.2. The second kappa shape index (κ2) is 10.5. The van der Waals surface area contributed by atoms with Crippen LogP contribution in [0.2, 0.25) is 0 Å². The van der Waals surface area contributed by atoms with E-state index in [0.29, 0.717) is 28.2 Å². The minimum absolute atomic E-state index is 0.0513. The van der Waals surface area contributed by atoms with Crippen molar-refractivity contribution >= 4 is 43.0 Å². The zero-order chi connectivity index (χ0) is 26.6. The highest BCUT2D eigenvalue weighted by atomic mass is 32.2. The minimum atomic E-state index is -3.78. The minimum Gasteiger partial charge on any atom is -0.322 e. The molecule has 0 bridgehead atoms. The molecule has 4 rings (SSSR count). The number of hydrogen-bond acceptors (Lipinski definition) is 5. The number of rotatable bonds is 8. The van der Waals surface area contributed by atoms with Crippen LogP contribution in [0.4, 0.5) is 17.1 Å². The van der Waals surface area contributed by atoms with Gasteiger partial charge in [-0.1, -0.05) is 35.9 Å². The second-order valence-electron chi connectivity index (χ2n) is 8.40. The Morgan fingerprint density at radius 2 is 1.19 bits per heavy atom. The van der Waals surface area contributed by atoms with E-state index in [-0.39, 0.29) is 9.79 Å². The predicted octanol–water partition coefficient (Wildman–Crippen LogP) is 5.16. The van der Waals surface area contributed by atoms with E-state index in [1.807, 2.05) is 6.92 Å². The number of amides is 1. The molecule has 0 atom stereocenters. The van der Waals surface area contributed by atoms with Crippen molar-refractivity contribution in [3.05, 3.63) is 114 Å². The van der Waals surface area contributed by atoms with Crippen LogP contribution in [0, 0.1) is 13.8 Å². The van der Waals surface area contributed by atoms with Gasteiger partial charge in [-0.25, -0.2) is 16.8 Å². The average Bonchev–Trinajstić information content (AvgIpc) is 2.86. The Morgan fingerprint density at radius 1 is 0.622 bits per heavy atom. The highest BCUT2D eigenvalue weighted by Gasteiger charge is 2.17. The van der Waals surface area contributed by atoms with Gasteiger partial charge >= 0.3 is 0 Å². The summed E-state index contributed by atoms with van der Waals surface area (Å²) in [6.07, 6.45) is 0. The van der Waals surface area contributed by atoms with Crippen molar-refractivity contribution in [2.24, 2.45) is 0 Å². The molecule has 8 nitrogen and oxygen atoms in total. The summed E-state index contributed by atoms with van der Waals surface area (Å²) < 4.78 is 55.6. The fourth-order valence-corrected chi connectivity index (χ4v) is 5.67. The topological polar surface area (TPSA) is 121 Å². The summed E-state index contributed by atoms with van der Waals surface area (Å²) in [7, 11) is -7.55. The Hall–Kier alpha value is -4.15. The van der Waals surface area contributed by atoms with E-state index in [2.05, 4.69) is 14.8 Å². The summed E-state index contributed by atoms with van der Waals surface area (Å²) in [4.78, 5) is 13.0. The van der Waals surface area contributed by atoms with Crippen molar-refractivity contribution in [1.82, 2.24) is 0 Å². The van der Waals surface area contributed by atoms with Gasteiger partial charge in [-0.2, -0.15) is 0 Å². The van der Waals surface area contributed by atoms with Crippen LogP contribution < -0.4 is 14.8 Å². The van der Waals surface area contributed by atoms with Crippen LogP contribution in [0.5, 0.6) is 0 Å². The maximum absolute atomic E-state index is 12.8. The lowest BCUT2D eigenvalue weighted by molar-refractivity contribution is 0.102. The zero-order valence-electron chi connectivity index (χ0n) is 20.1. The van der Waals surface area contributed by atoms with E-state index in [0.717, 1.165) is 5.56 Å². The normalized spacial score (nSPS) is 11.5. The van der Waals surface area contributed by atoms with Gasteiger partial charge in [0, 0.05) is 16.9 Å². The number of anilines is 3. The molecule has 0 radical (unpaired) electrons. The molecule has 4 aromatic rings. The number of carbonyl (C=O) groups excluding carboxylic acids is 1. The predicted molar refractivity (Wildman–Crippen MR) is 145 cm³/mol. The van der Waals surface area contributed by atoms with Gasteiger partial charge in [-0.05, 0) is 86.1 Å². The van der Waals surface area contributed by atoms with Crippen LogP contribution in [0.1, 0.15) is 21.5 Å². The van der Waals surface area contributed by atoms with E-state index < -0.39 is 26.0 Å². The smallest absolute Gasteiger partial charge is 0.261 e. The zero-order valence-corrected chi connectivity index (χ0v) is 21.7. The van der Waals surface area contributed by atoms with E-state index >= 15 is 0 Å². The molecule has 190 valence electrons. The molecule has 0 saturated carbocycles. The fraction of sp³-hybridized carbons (Fsp3) is 0.0741. The molecule has 37 heavy (non-hydrogen) atoms. The van der Waals surface area contributed by atoms with Gasteiger partial charge in [0.1, 0.15) is 0 Å². The first-order valence-electron chi connectivity index (χ1n) is 11.2. The number of carbonyl (C=O) groups is 1. The Balaban J connectivity index is 1.43. The number of para-hydroxylation sites is 1. The summed E-state index contributed by atoms with van der Waals surface area (Å²) in [6.45, 7) is 3.57. The number of benzene rings is 4. The van der Waals surface area contributed by atoms with Gasteiger partial charge in [-0.3, -0.25) is 14.2 Å². The van der Waals surface area contributed by atoms with Crippen molar-refractivity contribution in [2.75, 3.05) is 14.8 Å². The van der Waals surface area contributed by atoms with Crippen LogP contribution in [0.15, 0.2) is 107 Å². The Labute approximate surface area is 216 Å². The van der Waals surface area contributed by atoms with E-state index in [9.17, 15) is 21.6 Å². The molecule has 0 saturated heterocycles. The molecule has 4 aromatic carbocycles. The summed E-state index contributed by atoms with van der Waals surface area (Å²) in [5.41, 5.74) is 3.04. The van der Waals surface area contributed by atoms with Crippen LogP contribution >= 0.6 is 0 Å². The monoisotopic (exact) mass is 535 g/mol. The standard InChI is InChI=1S/C27H25N3O5S2/c1-19-8-13-24(14-9-19)37(34,35)30-26-17-10-21(18-20(26)2)27(31)28-22-11-15-25(16-12-22)36(32,33)29-23-6-4-3-5-7-23/h3-18,29-30H,1-2H3,(H,28,31). The van der Waals surface area contributed by atoms with Gasteiger partial charge < -0.3 is 5.32 Å². The second-order valence-corrected chi connectivity index (χ2v) is 11.8. The lowest BCUT2D eigenvalue weighted by Gasteiger charge is -2.13. The Morgan fingerprint density at radius 3 is 1.78 bits per heavy atom. The molecule has 3 N–H and O–H groups in total. The molecule has 0 heterocycles. The molecule has 0 aliphatic carbocycles. The first kappa shape index (κ1) is 25.9. The van der Waals surface area contributed by atoms with Crippen LogP contribution in [-0.4, -0.2) is 22.7 Å². The third kappa shape index (κ3) is 6.35. The molecule has 1 amide bonds. The van der Waals surface area contributed by atoms with Crippen molar-refractivity contribution in [2.45, 2.75) is 23.6 Å². The van der Waals surface area contributed by atoms with Crippen molar-refractivity contribution in [3.63, 3.8) is 0 Å². The van der Waals surface area contributed by atoms with Gasteiger partial charge in [0.2, 0.25) is 0 Å². The number of hydrogen-bond donors (Lipinski definition) is 3. The van der Waals surface area contributed by atoms with Crippen molar-refractivity contribution in [3.8, 4) is 0 Å². The van der Waals surface area contributed by atoms with Gasteiger partial charge in [0.15, 0.2) is 0 Å². The number of nitrogens with one attached hydrogen (secondary N) is 3. The van der Waals surface area contributed by atoms with Crippen molar-refractivity contribution in [1.29, 1.82) is 0 Å². The lowest BCUT2D eigenvalue weighted by atomic mass is 10.1. The highest BCUT2D eigenvalue weighted by molar-refractivity contribution is 7.93. The van der Waals surface area contributed by atoms with Crippen LogP contribution in [0.3, 0.4) is 0 Å². The van der Waals surface area contributed by atoms with Crippen molar-refractivity contribution < 1.29 is 21.6 Å². The third-order valence-electron chi connectivity index (χ3n) is 5.51. The molecular formula is C27H25N3O5S2. The molecule has 0 unspecified atom stereocenters. The number of aryl methyl sites for hydroxylation is 2. The lowest BCUT2D eigenvalue weighted by Crippen LogP contribution is -2.16. The maximum Gasteiger partial charge on any atom is 0.261 e. The van der Waals surface area contributed by atoms with Gasteiger partial charge in [0.05, 0.1) is 15.5 Å². The molecular weight excluding hydrogens is 510 g/mol. The first-order chi connectivity index (χ1) is 17.5. The van der Waals surface area contributed by atoms with Gasteiger partial charge in [-0.15, -0.1) is 0 Å². The fourth-order valence-electron chi connectivity index (χ4n) is 3.48. The maximum atomic E-state index is 12.8. The molecule has 0 fully saturated rings. The Bertz CT molecular complexity index is 1640. The SMILES string of the molecule is Cc1ccc(S(=O)(=O)Nc2ccc(C(=O)Nc3ccc(S(=O)(=O)Nc4ccccc4)cc3)cc2C)cc1. The Kier molecular flexibility index (Phi) is 7.33. The molecule has 10 heteroatoms. The quantitative estimate of drug-likeness (QED) is 0.288. The molecule has 0 aliphatic heterocycles. The van der Waals surface area contributed by atoms with E-state index in [1.165, 1.54) is 48.5 Å². The summed E-state index contributed by atoms with van der Waals surface area (Å²) >= 11 is 0. The average molecular weight is 536 g/mol. The summed E-state index contributed by atoms with van der Waals surface area (Å²) in [5.74, 6) is -0.422. The number of sulfonamides is 2. The molecule has 0 aliphatic rings. The van der Waals surface area contributed by atoms with Crippen LogP contribution in [-0.2, 0) is 20.0 Å². The summed E-state index contributed by atoms with van der Waals surface area (Å²) in [5, 5.41) is 2.72. The summed E-state index contributed by atoms with van der Waals surface area (Å²) in [6, 6.07) is 25.4. The highest BCUT2D eigenvalue weighted by Crippen LogP contribution is 2.23. The van der Waals surface area contributed by atoms with E-state index in [1.54, 1.807) is 55.5 Å². The van der Waals surface area contributed by atoms with Gasteiger partial charge in [0.25, 0.3) is 26.0 Å². The largest absolute Gasteiger partial charge is 0.322 e. The third-order valence-corrected chi connectivity index (χ3v) is 8.29.